The number of nitrogens with one attached hydrogen (secondary N) is 1. The van der Waals surface area contributed by atoms with Gasteiger partial charge in [0.25, 0.3) is 5.91 Å². The van der Waals surface area contributed by atoms with Crippen molar-refractivity contribution in [3.63, 3.8) is 0 Å². The van der Waals surface area contributed by atoms with Crippen LogP contribution < -0.4 is 5.32 Å². The van der Waals surface area contributed by atoms with Crippen molar-refractivity contribution in [1.29, 1.82) is 0 Å². The highest BCUT2D eigenvalue weighted by molar-refractivity contribution is 6.30. The number of esters is 1. The lowest BCUT2D eigenvalue weighted by Crippen LogP contribution is -2.26. The van der Waals surface area contributed by atoms with E-state index in [0.29, 0.717) is 16.3 Å². The second kappa shape index (κ2) is 8.51. The Labute approximate surface area is 161 Å². The zero-order valence-corrected chi connectivity index (χ0v) is 15.3. The molecule has 2 aromatic carbocycles. The van der Waals surface area contributed by atoms with Crippen molar-refractivity contribution in [1.82, 2.24) is 5.16 Å². The maximum Gasteiger partial charge on any atom is 0.311 e. The third kappa shape index (κ3) is 5.18. The summed E-state index contributed by atoms with van der Waals surface area (Å²) in [7, 11) is 0. The highest BCUT2D eigenvalue weighted by Crippen LogP contribution is 2.21. The van der Waals surface area contributed by atoms with Crippen LogP contribution in [0.15, 0.2) is 65.2 Å². The zero-order valence-electron chi connectivity index (χ0n) is 14.5. The van der Waals surface area contributed by atoms with Gasteiger partial charge in [-0.25, -0.2) is 0 Å². The Bertz CT molecular complexity index is 923. The molecule has 0 aliphatic heterocycles. The predicted octanol–water partition coefficient (Wildman–Crippen LogP) is 4.10. The van der Waals surface area contributed by atoms with Gasteiger partial charge in [-0.1, -0.05) is 59.2 Å². The number of halogens is 1. The first-order valence-corrected chi connectivity index (χ1v) is 8.62. The summed E-state index contributed by atoms with van der Waals surface area (Å²) >= 11 is 5.85. The second-order valence-corrected chi connectivity index (χ2v) is 6.33. The molecule has 0 aliphatic carbocycles. The van der Waals surface area contributed by atoms with Gasteiger partial charge in [0, 0.05) is 16.7 Å². The molecule has 0 unspecified atom stereocenters. The van der Waals surface area contributed by atoms with E-state index in [0.717, 1.165) is 5.56 Å². The van der Waals surface area contributed by atoms with Crippen molar-refractivity contribution in [2.75, 3.05) is 5.32 Å². The molecule has 0 aliphatic rings. The van der Waals surface area contributed by atoms with E-state index in [1.807, 2.05) is 6.07 Å². The Morgan fingerprint density at radius 2 is 1.85 bits per heavy atom. The monoisotopic (exact) mass is 384 g/mol. The number of amides is 1. The van der Waals surface area contributed by atoms with Crippen molar-refractivity contribution < 1.29 is 18.8 Å². The van der Waals surface area contributed by atoms with Gasteiger partial charge < -0.3 is 14.6 Å². The lowest BCUT2D eigenvalue weighted by Gasteiger charge is -2.17. The summed E-state index contributed by atoms with van der Waals surface area (Å²) in [4.78, 5) is 25.0. The molecule has 1 N–H and O–H groups in total. The number of nitrogens with zero attached hydrogens (tertiary/aromatic N) is 1. The maximum absolute atomic E-state index is 12.7. The summed E-state index contributed by atoms with van der Waals surface area (Å²) in [6.07, 6.45) is -1.08. The molecule has 1 atom stereocenters. The summed E-state index contributed by atoms with van der Waals surface area (Å²) < 4.78 is 10.4. The van der Waals surface area contributed by atoms with Crippen molar-refractivity contribution in [3.05, 3.63) is 82.6 Å². The Morgan fingerprint density at radius 1 is 1.15 bits per heavy atom. The van der Waals surface area contributed by atoms with Crippen LogP contribution in [0.2, 0.25) is 5.02 Å². The van der Waals surface area contributed by atoms with E-state index in [2.05, 4.69) is 10.5 Å². The number of anilines is 1. The quantitative estimate of drug-likeness (QED) is 0.647. The first kappa shape index (κ1) is 18.7. The molecule has 0 fully saturated rings. The highest BCUT2D eigenvalue weighted by Gasteiger charge is 2.26. The van der Waals surface area contributed by atoms with Crippen LogP contribution in [0.3, 0.4) is 0 Å². The fourth-order valence-electron chi connectivity index (χ4n) is 2.46. The normalized spacial score (nSPS) is 11.6. The van der Waals surface area contributed by atoms with Crippen molar-refractivity contribution in [2.24, 2.45) is 0 Å². The lowest BCUT2D eigenvalue weighted by atomic mass is 10.1. The third-order valence-corrected chi connectivity index (χ3v) is 3.98. The number of hydrogen-bond acceptors (Lipinski definition) is 5. The molecule has 27 heavy (non-hydrogen) atoms. The van der Waals surface area contributed by atoms with Gasteiger partial charge in [-0.15, -0.1) is 0 Å². The van der Waals surface area contributed by atoms with Crippen LogP contribution in [0.25, 0.3) is 0 Å². The molecular weight excluding hydrogens is 368 g/mol. The second-order valence-electron chi connectivity index (χ2n) is 5.90. The average molecular weight is 385 g/mol. The van der Waals surface area contributed by atoms with E-state index in [1.165, 1.54) is 0 Å². The van der Waals surface area contributed by atoms with Crippen LogP contribution in [-0.4, -0.2) is 17.0 Å². The van der Waals surface area contributed by atoms with Crippen molar-refractivity contribution in [3.8, 4) is 0 Å². The van der Waals surface area contributed by atoms with Crippen LogP contribution in [0.1, 0.15) is 23.0 Å². The van der Waals surface area contributed by atoms with E-state index in [4.69, 9.17) is 20.9 Å². The third-order valence-electron chi connectivity index (χ3n) is 3.73. The number of aromatic nitrogens is 1. The van der Waals surface area contributed by atoms with Gasteiger partial charge in [0.1, 0.15) is 5.76 Å². The molecule has 0 saturated carbocycles. The SMILES string of the molecule is Cc1cc(NC(=O)[C@@H](OC(=O)Cc2ccc(Cl)cc2)c2ccccc2)no1. The molecule has 1 amide bonds. The van der Waals surface area contributed by atoms with E-state index in [-0.39, 0.29) is 12.2 Å². The smallest absolute Gasteiger partial charge is 0.311 e. The molecule has 6 nitrogen and oxygen atoms in total. The highest BCUT2D eigenvalue weighted by atomic mass is 35.5. The van der Waals surface area contributed by atoms with Gasteiger partial charge in [-0.3, -0.25) is 9.59 Å². The van der Waals surface area contributed by atoms with Crippen LogP contribution in [-0.2, 0) is 20.7 Å². The predicted molar refractivity (Wildman–Crippen MR) is 100 cm³/mol. The maximum atomic E-state index is 12.7. The molecule has 0 bridgehead atoms. The summed E-state index contributed by atoms with van der Waals surface area (Å²) in [6, 6.07) is 17.2. The van der Waals surface area contributed by atoms with Gasteiger partial charge in [0.2, 0.25) is 6.10 Å². The number of hydrogen-bond donors (Lipinski definition) is 1. The van der Waals surface area contributed by atoms with E-state index in [1.54, 1.807) is 61.5 Å². The molecular formula is C20H17ClN2O4. The minimum atomic E-state index is -1.11. The molecule has 7 heteroatoms. The van der Waals surface area contributed by atoms with Crippen molar-refractivity contribution in [2.45, 2.75) is 19.4 Å². The topological polar surface area (TPSA) is 81.4 Å². The first-order valence-electron chi connectivity index (χ1n) is 8.24. The average Bonchev–Trinajstić information content (AvgIpc) is 3.07. The van der Waals surface area contributed by atoms with Crippen molar-refractivity contribution >= 4 is 29.3 Å². The van der Waals surface area contributed by atoms with Gasteiger partial charge in [-0.2, -0.15) is 0 Å². The Hall–Kier alpha value is -3.12. The summed E-state index contributed by atoms with van der Waals surface area (Å²) in [6.45, 7) is 1.71. The molecule has 1 heterocycles. The number of aryl methyl sites for hydroxylation is 1. The number of carbonyl (C=O) groups is 2. The molecule has 3 aromatic rings. The van der Waals surface area contributed by atoms with E-state index in [9.17, 15) is 9.59 Å². The fourth-order valence-corrected chi connectivity index (χ4v) is 2.59. The van der Waals surface area contributed by atoms with Crippen LogP contribution >= 0.6 is 11.6 Å². The summed E-state index contributed by atoms with van der Waals surface area (Å²) in [5.41, 5.74) is 1.29. The molecule has 1 aromatic heterocycles. The minimum absolute atomic E-state index is 0.0247. The molecule has 138 valence electrons. The zero-order chi connectivity index (χ0) is 19.2. The largest absolute Gasteiger partial charge is 0.447 e. The Morgan fingerprint density at radius 3 is 2.48 bits per heavy atom. The lowest BCUT2D eigenvalue weighted by molar-refractivity contribution is -0.154. The summed E-state index contributed by atoms with van der Waals surface area (Å²) in [5.74, 6) is -0.231. The van der Waals surface area contributed by atoms with E-state index < -0.39 is 18.0 Å². The fraction of sp³-hybridized carbons (Fsp3) is 0.150. The van der Waals surface area contributed by atoms with Crippen LogP contribution in [0.5, 0.6) is 0 Å². The number of rotatable bonds is 6. The molecule has 0 saturated heterocycles. The van der Waals surface area contributed by atoms with Crippen LogP contribution in [0, 0.1) is 6.92 Å². The number of ether oxygens (including phenoxy) is 1. The van der Waals surface area contributed by atoms with Gasteiger partial charge in [-0.05, 0) is 24.6 Å². The standard InChI is InChI=1S/C20H17ClN2O4/c1-13-11-17(23-27-13)22-20(25)19(15-5-3-2-4-6-15)26-18(24)12-14-7-9-16(21)10-8-14/h2-11,19H,12H2,1H3,(H,22,23,25)/t19-/m0/s1. The summed E-state index contributed by atoms with van der Waals surface area (Å²) in [5, 5.41) is 6.91. The number of benzene rings is 2. The minimum Gasteiger partial charge on any atom is -0.447 e. The number of carbonyl (C=O) groups excluding carboxylic acids is 2. The molecule has 3 rings (SSSR count). The Kier molecular flexibility index (Phi) is 5.88. The van der Waals surface area contributed by atoms with Gasteiger partial charge in [0.05, 0.1) is 6.42 Å². The molecule has 0 radical (unpaired) electrons. The van der Waals surface area contributed by atoms with Gasteiger partial charge >= 0.3 is 5.97 Å². The molecule has 0 spiro atoms. The Balaban J connectivity index is 1.74. The van der Waals surface area contributed by atoms with E-state index >= 15 is 0 Å². The first-order chi connectivity index (χ1) is 13.0. The van der Waals surface area contributed by atoms with Crippen LogP contribution in [0.4, 0.5) is 5.82 Å². The van der Waals surface area contributed by atoms with Gasteiger partial charge in [0.15, 0.2) is 5.82 Å².